The highest BCUT2D eigenvalue weighted by atomic mass is 16.3. The third-order valence-corrected chi connectivity index (χ3v) is 12.1. The molecule has 0 bridgehead atoms. The highest BCUT2D eigenvalue weighted by Crippen LogP contribution is 2.58. The molecule has 55 heavy (non-hydrogen) atoms. The second kappa shape index (κ2) is 12.8. The molecule has 7 aromatic carbocycles. The van der Waals surface area contributed by atoms with Crippen LogP contribution in [0.5, 0.6) is 0 Å². The van der Waals surface area contributed by atoms with Crippen molar-refractivity contribution < 1.29 is 4.42 Å². The summed E-state index contributed by atoms with van der Waals surface area (Å²) in [6.45, 7) is 0. The van der Waals surface area contributed by atoms with E-state index in [1.54, 1.807) is 0 Å². The molecule has 2 heterocycles. The quantitative estimate of drug-likeness (QED) is 0.179. The number of aromatic nitrogens is 2. The first-order valence-electron chi connectivity index (χ1n) is 19.5. The Hall–Kier alpha value is -6.58. The second-order valence-corrected chi connectivity index (χ2v) is 15.2. The Kier molecular flexibility index (Phi) is 7.41. The number of rotatable bonds is 5. The van der Waals surface area contributed by atoms with Gasteiger partial charge in [0.15, 0.2) is 5.82 Å². The number of furan rings is 1. The van der Waals surface area contributed by atoms with Crippen LogP contribution in [0.15, 0.2) is 174 Å². The molecular formula is C52H38N2O. The molecule has 2 aromatic heterocycles. The van der Waals surface area contributed by atoms with Crippen LogP contribution in [0, 0.1) is 0 Å². The van der Waals surface area contributed by atoms with Crippen molar-refractivity contribution in [3.63, 3.8) is 0 Å². The van der Waals surface area contributed by atoms with Crippen LogP contribution in [0.2, 0.25) is 0 Å². The summed E-state index contributed by atoms with van der Waals surface area (Å²) in [5.74, 6) is 0.702. The van der Waals surface area contributed by atoms with E-state index >= 15 is 0 Å². The number of hydrogen-bond donors (Lipinski definition) is 0. The summed E-state index contributed by atoms with van der Waals surface area (Å²) in [4.78, 5) is 10.3. The van der Waals surface area contributed by atoms with E-state index < -0.39 is 0 Å². The Morgan fingerprint density at radius 1 is 0.400 bits per heavy atom. The van der Waals surface area contributed by atoms with Crippen LogP contribution in [0.4, 0.5) is 0 Å². The fourth-order valence-corrected chi connectivity index (χ4v) is 9.47. The van der Waals surface area contributed by atoms with Gasteiger partial charge in [-0.3, -0.25) is 0 Å². The monoisotopic (exact) mass is 706 g/mol. The normalized spacial score (nSPS) is 14.3. The lowest BCUT2D eigenvalue weighted by molar-refractivity contribution is 0.353. The highest BCUT2D eigenvalue weighted by molar-refractivity contribution is 6.08. The number of benzene rings is 7. The van der Waals surface area contributed by atoms with Crippen molar-refractivity contribution in [1.82, 2.24) is 9.97 Å². The zero-order chi connectivity index (χ0) is 36.3. The summed E-state index contributed by atoms with van der Waals surface area (Å²) in [5, 5.41) is 2.19. The zero-order valence-corrected chi connectivity index (χ0v) is 30.5. The Morgan fingerprint density at radius 2 is 0.945 bits per heavy atom. The Labute approximate surface area is 321 Å². The minimum absolute atomic E-state index is 0.125. The maximum absolute atomic E-state index is 6.47. The molecule has 0 N–H and O–H groups in total. The SMILES string of the molecule is c1ccc(-c2ccc(-c3cc(-c4ccc5oc6ccc(-c7cccc8c7-c7ccccc7C87CCCCC7)cc6c5c4)nc(-c4ccccc4)n3)cc2)cc1. The third kappa shape index (κ3) is 5.26. The minimum Gasteiger partial charge on any atom is -0.456 e. The number of nitrogens with zero attached hydrogens (tertiary/aromatic N) is 2. The van der Waals surface area contributed by atoms with Gasteiger partial charge in [-0.15, -0.1) is 0 Å². The number of fused-ring (bicyclic) bond motifs is 8. The Balaban J connectivity index is 1.03. The fourth-order valence-electron chi connectivity index (χ4n) is 9.47. The molecule has 1 saturated carbocycles. The predicted molar refractivity (Wildman–Crippen MR) is 226 cm³/mol. The molecule has 262 valence electrons. The molecule has 1 fully saturated rings. The van der Waals surface area contributed by atoms with Gasteiger partial charge in [0.25, 0.3) is 0 Å². The topological polar surface area (TPSA) is 38.9 Å². The molecule has 0 saturated heterocycles. The van der Waals surface area contributed by atoms with Crippen molar-refractivity contribution in [2.75, 3.05) is 0 Å². The summed E-state index contributed by atoms with van der Waals surface area (Å²) < 4.78 is 6.47. The van der Waals surface area contributed by atoms with Gasteiger partial charge in [0.2, 0.25) is 0 Å². The molecule has 3 heteroatoms. The van der Waals surface area contributed by atoms with Crippen LogP contribution < -0.4 is 0 Å². The lowest BCUT2D eigenvalue weighted by atomic mass is 9.68. The maximum atomic E-state index is 6.47. The van der Waals surface area contributed by atoms with Crippen LogP contribution in [0.3, 0.4) is 0 Å². The van der Waals surface area contributed by atoms with Crippen molar-refractivity contribution in [2.24, 2.45) is 0 Å². The highest BCUT2D eigenvalue weighted by Gasteiger charge is 2.44. The molecule has 1 spiro atoms. The number of hydrogen-bond acceptors (Lipinski definition) is 3. The molecule has 0 aliphatic heterocycles. The van der Waals surface area contributed by atoms with E-state index in [0.29, 0.717) is 5.82 Å². The maximum Gasteiger partial charge on any atom is 0.160 e. The Bertz CT molecular complexity index is 2880. The zero-order valence-electron chi connectivity index (χ0n) is 30.5. The van der Waals surface area contributed by atoms with Gasteiger partial charge < -0.3 is 4.42 Å². The summed E-state index contributed by atoms with van der Waals surface area (Å²) in [7, 11) is 0. The molecule has 9 aromatic rings. The van der Waals surface area contributed by atoms with E-state index in [1.165, 1.54) is 76.6 Å². The van der Waals surface area contributed by atoms with Crippen LogP contribution in [0.1, 0.15) is 43.2 Å². The van der Waals surface area contributed by atoms with Gasteiger partial charge in [0.05, 0.1) is 11.4 Å². The Morgan fingerprint density at radius 3 is 1.69 bits per heavy atom. The predicted octanol–water partition coefficient (Wildman–Crippen LogP) is 13.9. The van der Waals surface area contributed by atoms with Crippen LogP contribution in [-0.2, 0) is 5.41 Å². The van der Waals surface area contributed by atoms with Gasteiger partial charge in [-0.25, -0.2) is 9.97 Å². The second-order valence-electron chi connectivity index (χ2n) is 15.2. The fraction of sp³-hybridized carbons (Fsp3) is 0.115. The van der Waals surface area contributed by atoms with E-state index in [2.05, 4.69) is 146 Å². The van der Waals surface area contributed by atoms with Gasteiger partial charge in [0, 0.05) is 32.9 Å². The average Bonchev–Trinajstić information content (AvgIpc) is 3.76. The molecule has 2 aliphatic rings. The first-order valence-corrected chi connectivity index (χ1v) is 19.5. The van der Waals surface area contributed by atoms with E-state index in [4.69, 9.17) is 14.4 Å². The molecule has 0 unspecified atom stereocenters. The summed E-state index contributed by atoms with van der Waals surface area (Å²) in [6.07, 6.45) is 6.36. The van der Waals surface area contributed by atoms with E-state index in [-0.39, 0.29) is 5.41 Å². The standard InChI is InChI=1S/C52H38N2O/c1-4-13-34(14-5-1)35-21-23-36(24-22-35)46-33-47(54-51(53-46)37-15-6-2-7-16-37)39-26-28-49-43(32-39)42-31-38(25-27-48(42)55-49)40-18-12-20-45-50(40)41-17-8-9-19-44(41)52(45)29-10-3-11-30-52/h1-2,4-9,12-28,31-33H,3,10-11,29-30H2. The molecule has 2 aliphatic carbocycles. The van der Waals surface area contributed by atoms with Crippen molar-refractivity contribution in [3.05, 3.63) is 181 Å². The van der Waals surface area contributed by atoms with E-state index in [0.717, 1.165) is 50.0 Å². The first kappa shape index (κ1) is 31.9. The largest absolute Gasteiger partial charge is 0.456 e. The molecule has 0 amide bonds. The summed E-state index contributed by atoms with van der Waals surface area (Å²) in [6, 6.07) is 60.8. The van der Waals surface area contributed by atoms with Crippen molar-refractivity contribution in [1.29, 1.82) is 0 Å². The van der Waals surface area contributed by atoms with Gasteiger partial charge >= 0.3 is 0 Å². The van der Waals surface area contributed by atoms with E-state index in [9.17, 15) is 0 Å². The first-order chi connectivity index (χ1) is 27.2. The average molecular weight is 707 g/mol. The summed E-state index contributed by atoms with van der Waals surface area (Å²) >= 11 is 0. The van der Waals surface area contributed by atoms with Crippen molar-refractivity contribution in [2.45, 2.75) is 37.5 Å². The molecule has 0 radical (unpaired) electrons. The van der Waals surface area contributed by atoms with E-state index in [1.807, 2.05) is 24.3 Å². The lowest BCUT2D eigenvalue weighted by Gasteiger charge is -2.36. The molecule has 0 atom stereocenters. The lowest BCUT2D eigenvalue weighted by Crippen LogP contribution is -2.27. The van der Waals surface area contributed by atoms with Gasteiger partial charge in [-0.1, -0.05) is 153 Å². The van der Waals surface area contributed by atoms with Crippen molar-refractivity contribution >= 4 is 21.9 Å². The van der Waals surface area contributed by atoms with Crippen LogP contribution >= 0.6 is 0 Å². The van der Waals surface area contributed by atoms with Crippen molar-refractivity contribution in [3.8, 4) is 67.3 Å². The summed E-state index contributed by atoms with van der Waals surface area (Å²) in [5.41, 5.74) is 17.4. The minimum atomic E-state index is 0.125. The molecule has 11 rings (SSSR count). The van der Waals surface area contributed by atoms with Gasteiger partial charge in [-0.2, -0.15) is 0 Å². The van der Waals surface area contributed by atoms with Crippen LogP contribution in [-0.4, -0.2) is 9.97 Å². The van der Waals surface area contributed by atoms with Gasteiger partial charge in [0.1, 0.15) is 11.2 Å². The van der Waals surface area contributed by atoms with Gasteiger partial charge in [-0.05, 0) is 93.7 Å². The van der Waals surface area contributed by atoms with Crippen LogP contribution in [0.25, 0.3) is 89.2 Å². The molecule has 3 nitrogen and oxygen atoms in total. The third-order valence-electron chi connectivity index (χ3n) is 12.1. The smallest absolute Gasteiger partial charge is 0.160 e. The molecular weight excluding hydrogens is 669 g/mol.